The number of carbonyl (C=O) groups excluding carboxylic acids is 1. The Morgan fingerprint density at radius 3 is 2.92 bits per heavy atom. The van der Waals surface area contributed by atoms with Crippen molar-refractivity contribution in [2.75, 3.05) is 6.54 Å². The molecule has 1 saturated carbocycles. The molecule has 0 bridgehead atoms. The number of carbonyl (C=O) groups is 1. The number of hydrogen-bond donors (Lipinski definition) is 3. The van der Waals surface area contributed by atoms with Gasteiger partial charge in [-0.2, -0.15) is 0 Å². The lowest BCUT2D eigenvalue weighted by Crippen LogP contribution is -2.38. The molecule has 8 heteroatoms. The average Bonchev–Trinajstić information content (AvgIpc) is 3.40. The molecule has 8 nitrogen and oxygen atoms in total. The molecule has 2 heterocycles. The summed E-state index contributed by atoms with van der Waals surface area (Å²) in [6.07, 6.45) is 4.33. The Bertz CT molecular complexity index is 881. The van der Waals surface area contributed by atoms with Crippen LogP contribution in [0.15, 0.2) is 21.9 Å². The third-order valence-electron chi connectivity index (χ3n) is 4.27. The highest BCUT2D eigenvalue weighted by molar-refractivity contribution is 5.96. The summed E-state index contributed by atoms with van der Waals surface area (Å²) in [6, 6.07) is 1.42. The predicted octanol–water partition coefficient (Wildman–Crippen LogP) is -0.0381. The second-order valence-corrected chi connectivity index (χ2v) is 6.22. The van der Waals surface area contributed by atoms with E-state index in [2.05, 4.69) is 15.3 Å². The summed E-state index contributed by atoms with van der Waals surface area (Å²) in [6.45, 7) is 2.77. The monoisotopic (exact) mass is 331 g/mol. The third kappa shape index (κ3) is 3.23. The highest BCUT2D eigenvalue weighted by Crippen LogP contribution is 2.31. The number of amides is 1. The van der Waals surface area contributed by atoms with Gasteiger partial charge in [-0.15, -0.1) is 0 Å². The van der Waals surface area contributed by atoms with Crippen LogP contribution in [0.4, 0.5) is 0 Å². The lowest BCUT2D eigenvalue weighted by molar-refractivity contribution is 0.0950. The molecule has 1 unspecified atom stereocenters. The topological polar surface area (TPSA) is 123 Å². The van der Waals surface area contributed by atoms with Gasteiger partial charge in [-0.3, -0.25) is 19.1 Å². The number of hydrogen-bond acceptors (Lipinski definition) is 5. The van der Waals surface area contributed by atoms with E-state index in [0.717, 1.165) is 19.3 Å². The zero-order valence-electron chi connectivity index (χ0n) is 13.5. The van der Waals surface area contributed by atoms with Gasteiger partial charge in [-0.05, 0) is 31.2 Å². The fourth-order valence-electron chi connectivity index (χ4n) is 2.73. The molecule has 24 heavy (non-hydrogen) atoms. The number of aromatic nitrogens is 3. The second-order valence-electron chi connectivity index (χ2n) is 6.22. The molecule has 1 aliphatic carbocycles. The summed E-state index contributed by atoms with van der Waals surface area (Å²) >= 11 is 0. The van der Waals surface area contributed by atoms with Gasteiger partial charge in [-0.25, -0.2) is 9.78 Å². The van der Waals surface area contributed by atoms with E-state index >= 15 is 0 Å². The third-order valence-corrected chi connectivity index (χ3v) is 4.27. The Kier molecular flexibility index (Phi) is 4.48. The molecular weight excluding hydrogens is 310 g/mol. The molecule has 1 aliphatic rings. The van der Waals surface area contributed by atoms with Crippen LogP contribution in [0.3, 0.4) is 0 Å². The molecule has 128 valence electrons. The zero-order chi connectivity index (χ0) is 17.3. The molecule has 2 aromatic heterocycles. The SMILES string of the molecule is CCCn1c(=O)[nH]c(=O)c2cc(C(=O)NCC(N)C3CC3)cnc21. The molecule has 0 spiro atoms. The van der Waals surface area contributed by atoms with Crippen LogP contribution in [0.5, 0.6) is 0 Å². The minimum Gasteiger partial charge on any atom is -0.350 e. The molecule has 1 fully saturated rings. The molecule has 0 aromatic carbocycles. The lowest BCUT2D eigenvalue weighted by Gasteiger charge is -2.12. The molecule has 2 aromatic rings. The van der Waals surface area contributed by atoms with Crippen molar-refractivity contribution >= 4 is 16.9 Å². The van der Waals surface area contributed by atoms with Crippen molar-refractivity contribution in [2.45, 2.75) is 38.8 Å². The van der Waals surface area contributed by atoms with Gasteiger partial charge >= 0.3 is 5.69 Å². The van der Waals surface area contributed by atoms with Crippen LogP contribution in [0, 0.1) is 5.92 Å². The Morgan fingerprint density at radius 2 is 2.25 bits per heavy atom. The van der Waals surface area contributed by atoms with Gasteiger partial charge in [0.1, 0.15) is 5.65 Å². The minimum atomic E-state index is -0.542. The summed E-state index contributed by atoms with van der Waals surface area (Å²) in [5.74, 6) is 0.166. The number of H-pyrrole nitrogens is 1. The van der Waals surface area contributed by atoms with Crippen LogP contribution in [0.2, 0.25) is 0 Å². The maximum atomic E-state index is 12.2. The first-order valence-corrected chi connectivity index (χ1v) is 8.18. The molecule has 0 saturated heterocycles. The minimum absolute atomic E-state index is 0.0412. The Labute approximate surface area is 138 Å². The first-order chi connectivity index (χ1) is 11.5. The van der Waals surface area contributed by atoms with Gasteiger partial charge in [0.2, 0.25) is 0 Å². The first kappa shape index (κ1) is 16.4. The van der Waals surface area contributed by atoms with Crippen LogP contribution in [0.1, 0.15) is 36.5 Å². The number of nitrogens with zero attached hydrogens (tertiary/aromatic N) is 2. The summed E-state index contributed by atoms with van der Waals surface area (Å²) in [5.41, 5.74) is 5.50. The van der Waals surface area contributed by atoms with Crippen LogP contribution >= 0.6 is 0 Å². The van der Waals surface area contributed by atoms with Crippen molar-refractivity contribution in [3.05, 3.63) is 38.7 Å². The Balaban J connectivity index is 1.88. The van der Waals surface area contributed by atoms with Crippen molar-refractivity contribution in [3.8, 4) is 0 Å². The second kappa shape index (κ2) is 6.56. The fourth-order valence-corrected chi connectivity index (χ4v) is 2.73. The van der Waals surface area contributed by atoms with E-state index in [0.29, 0.717) is 19.0 Å². The van der Waals surface area contributed by atoms with E-state index in [-0.39, 0.29) is 28.5 Å². The predicted molar refractivity (Wildman–Crippen MR) is 89.9 cm³/mol. The number of nitrogens with one attached hydrogen (secondary N) is 2. The van der Waals surface area contributed by atoms with Crippen LogP contribution < -0.4 is 22.3 Å². The lowest BCUT2D eigenvalue weighted by atomic mass is 10.2. The van der Waals surface area contributed by atoms with Crippen molar-refractivity contribution in [1.82, 2.24) is 19.9 Å². The molecule has 0 radical (unpaired) electrons. The van der Waals surface area contributed by atoms with E-state index in [9.17, 15) is 14.4 Å². The molecule has 1 amide bonds. The van der Waals surface area contributed by atoms with E-state index in [1.54, 1.807) is 0 Å². The van der Waals surface area contributed by atoms with E-state index < -0.39 is 11.2 Å². The first-order valence-electron chi connectivity index (χ1n) is 8.18. The Hall–Kier alpha value is -2.48. The molecular formula is C16H21N5O3. The number of pyridine rings is 1. The van der Waals surface area contributed by atoms with Gasteiger partial charge < -0.3 is 11.1 Å². The maximum Gasteiger partial charge on any atom is 0.329 e. The molecule has 3 rings (SSSR count). The standard InChI is InChI=1S/C16H21N5O3/c1-2-5-21-13-11(15(23)20-16(21)24)6-10(7-18-13)14(22)19-8-12(17)9-3-4-9/h6-7,9,12H,2-5,8,17H2,1H3,(H,19,22)(H,20,23,24). The van der Waals surface area contributed by atoms with Crippen LogP contribution in [-0.4, -0.2) is 33.0 Å². The number of nitrogens with two attached hydrogens (primary N) is 1. The van der Waals surface area contributed by atoms with Crippen LogP contribution in [0.25, 0.3) is 11.0 Å². The zero-order valence-corrected chi connectivity index (χ0v) is 13.5. The number of aromatic amines is 1. The van der Waals surface area contributed by atoms with E-state index in [4.69, 9.17) is 5.73 Å². The van der Waals surface area contributed by atoms with E-state index in [1.165, 1.54) is 16.8 Å². The maximum absolute atomic E-state index is 12.2. The summed E-state index contributed by atoms with van der Waals surface area (Å²) in [5, 5.41) is 2.99. The molecule has 1 atom stereocenters. The van der Waals surface area contributed by atoms with Gasteiger partial charge in [-0.1, -0.05) is 6.92 Å². The number of aryl methyl sites for hydroxylation is 1. The Morgan fingerprint density at radius 1 is 1.50 bits per heavy atom. The summed E-state index contributed by atoms with van der Waals surface area (Å²) in [7, 11) is 0. The van der Waals surface area contributed by atoms with Gasteiger partial charge in [0.15, 0.2) is 0 Å². The van der Waals surface area contributed by atoms with Gasteiger partial charge in [0.05, 0.1) is 10.9 Å². The molecule has 0 aliphatic heterocycles. The smallest absolute Gasteiger partial charge is 0.329 e. The van der Waals surface area contributed by atoms with Gasteiger partial charge in [0, 0.05) is 25.3 Å². The summed E-state index contributed by atoms with van der Waals surface area (Å²) < 4.78 is 1.40. The largest absolute Gasteiger partial charge is 0.350 e. The highest BCUT2D eigenvalue weighted by atomic mass is 16.2. The summed E-state index contributed by atoms with van der Waals surface area (Å²) in [4.78, 5) is 42.6. The van der Waals surface area contributed by atoms with Gasteiger partial charge in [0.25, 0.3) is 11.5 Å². The fraction of sp³-hybridized carbons (Fsp3) is 0.500. The van der Waals surface area contributed by atoms with Crippen molar-refractivity contribution in [2.24, 2.45) is 11.7 Å². The number of fused-ring (bicyclic) bond motifs is 1. The highest BCUT2D eigenvalue weighted by Gasteiger charge is 2.28. The van der Waals surface area contributed by atoms with Crippen LogP contribution in [-0.2, 0) is 6.54 Å². The van der Waals surface area contributed by atoms with Crippen molar-refractivity contribution in [1.29, 1.82) is 0 Å². The number of rotatable bonds is 6. The van der Waals surface area contributed by atoms with Crippen molar-refractivity contribution in [3.63, 3.8) is 0 Å². The normalized spacial score (nSPS) is 15.4. The average molecular weight is 331 g/mol. The molecule has 4 N–H and O–H groups in total. The van der Waals surface area contributed by atoms with Crippen molar-refractivity contribution < 1.29 is 4.79 Å². The quantitative estimate of drug-likeness (QED) is 0.685. The van der Waals surface area contributed by atoms with E-state index in [1.807, 2.05) is 6.92 Å².